The van der Waals surface area contributed by atoms with Crippen molar-refractivity contribution in [3.8, 4) is 11.6 Å². The maximum Gasteiger partial charge on any atom is 0.222 e. The Kier molecular flexibility index (Phi) is 5.39. The topological polar surface area (TPSA) is 31.4 Å². The molecule has 2 aromatic rings. The fourth-order valence-corrected chi connectivity index (χ4v) is 2.00. The summed E-state index contributed by atoms with van der Waals surface area (Å²) >= 11 is 5.78. The number of halogens is 1. The Labute approximate surface area is 124 Å². The predicted molar refractivity (Wildman–Crippen MR) is 80.6 cm³/mol. The number of pyridine rings is 1. The normalized spacial score (nSPS) is 10.6. The smallest absolute Gasteiger partial charge is 0.222 e. The van der Waals surface area contributed by atoms with Gasteiger partial charge in [0.1, 0.15) is 5.75 Å². The molecule has 0 atom stereocenters. The van der Waals surface area contributed by atoms with Gasteiger partial charge in [0.2, 0.25) is 5.88 Å². The van der Waals surface area contributed by atoms with Crippen LogP contribution in [0.5, 0.6) is 11.6 Å². The van der Waals surface area contributed by atoms with E-state index in [1.807, 2.05) is 37.3 Å². The van der Waals surface area contributed by atoms with E-state index < -0.39 is 0 Å². The summed E-state index contributed by atoms with van der Waals surface area (Å²) in [5, 5.41) is 0. The molecule has 20 heavy (non-hydrogen) atoms. The second-order valence-electron chi connectivity index (χ2n) is 4.59. The number of methoxy groups -OCH3 is 1. The molecule has 0 radical (unpaired) electrons. The SMILES string of the molecule is COCCc1ccc(Oc2ncc(CCl)cc2C)cc1. The summed E-state index contributed by atoms with van der Waals surface area (Å²) in [4.78, 5) is 4.29. The number of hydrogen-bond donors (Lipinski definition) is 0. The minimum absolute atomic E-state index is 0.461. The molecule has 3 nitrogen and oxygen atoms in total. The number of hydrogen-bond acceptors (Lipinski definition) is 3. The lowest BCUT2D eigenvalue weighted by Crippen LogP contribution is -1.95. The maximum absolute atomic E-state index is 5.78. The van der Waals surface area contributed by atoms with Crippen LogP contribution in [0.15, 0.2) is 36.5 Å². The van der Waals surface area contributed by atoms with Gasteiger partial charge >= 0.3 is 0 Å². The third-order valence-corrected chi connectivity index (χ3v) is 3.28. The summed E-state index contributed by atoms with van der Waals surface area (Å²) in [5.74, 6) is 1.85. The van der Waals surface area contributed by atoms with Gasteiger partial charge in [-0.2, -0.15) is 0 Å². The number of rotatable bonds is 6. The van der Waals surface area contributed by atoms with Crippen molar-refractivity contribution in [3.63, 3.8) is 0 Å². The molecular formula is C16H18ClNO2. The maximum atomic E-state index is 5.78. The van der Waals surface area contributed by atoms with E-state index in [1.54, 1.807) is 13.3 Å². The molecule has 1 aromatic heterocycles. The molecule has 0 spiro atoms. The zero-order chi connectivity index (χ0) is 14.4. The highest BCUT2D eigenvalue weighted by atomic mass is 35.5. The van der Waals surface area contributed by atoms with E-state index in [0.29, 0.717) is 11.8 Å². The van der Waals surface area contributed by atoms with Gasteiger partial charge in [0.05, 0.1) is 6.61 Å². The number of nitrogens with zero attached hydrogens (tertiary/aromatic N) is 1. The first-order valence-electron chi connectivity index (χ1n) is 6.50. The van der Waals surface area contributed by atoms with Gasteiger partial charge in [-0.1, -0.05) is 12.1 Å². The molecule has 0 fully saturated rings. The molecule has 4 heteroatoms. The van der Waals surface area contributed by atoms with Crippen LogP contribution in [-0.2, 0) is 17.0 Å². The molecule has 0 aliphatic rings. The van der Waals surface area contributed by atoms with Crippen molar-refractivity contribution in [2.45, 2.75) is 19.2 Å². The van der Waals surface area contributed by atoms with Gasteiger partial charge in [-0.05, 0) is 42.7 Å². The van der Waals surface area contributed by atoms with Crippen LogP contribution in [0, 0.1) is 6.92 Å². The first-order chi connectivity index (χ1) is 9.72. The fraction of sp³-hybridized carbons (Fsp3) is 0.312. The quantitative estimate of drug-likeness (QED) is 0.751. The van der Waals surface area contributed by atoms with Gasteiger partial charge in [-0.15, -0.1) is 11.6 Å². The molecule has 0 aliphatic carbocycles. The second kappa shape index (κ2) is 7.27. The Morgan fingerprint density at radius 3 is 2.50 bits per heavy atom. The monoisotopic (exact) mass is 291 g/mol. The summed E-state index contributed by atoms with van der Waals surface area (Å²) in [5.41, 5.74) is 3.19. The Morgan fingerprint density at radius 1 is 1.15 bits per heavy atom. The molecular weight excluding hydrogens is 274 g/mol. The lowest BCUT2D eigenvalue weighted by Gasteiger charge is -2.09. The van der Waals surface area contributed by atoms with Gasteiger partial charge in [0, 0.05) is 24.8 Å². The van der Waals surface area contributed by atoms with Crippen molar-refractivity contribution < 1.29 is 9.47 Å². The van der Waals surface area contributed by atoms with Crippen molar-refractivity contribution in [1.82, 2.24) is 4.98 Å². The van der Waals surface area contributed by atoms with Gasteiger partial charge in [-0.3, -0.25) is 0 Å². The molecule has 0 N–H and O–H groups in total. The van der Waals surface area contributed by atoms with E-state index >= 15 is 0 Å². The molecule has 0 saturated carbocycles. The Morgan fingerprint density at radius 2 is 1.90 bits per heavy atom. The van der Waals surface area contributed by atoms with Gasteiger partial charge in [-0.25, -0.2) is 4.98 Å². The second-order valence-corrected chi connectivity index (χ2v) is 4.86. The van der Waals surface area contributed by atoms with E-state index in [9.17, 15) is 0 Å². The summed E-state index contributed by atoms with van der Waals surface area (Å²) in [7, 11) is 1.70. The highest BCUT2D eigenvalue weighted by Gasteiger charge is 2.04. The van der Waals surface area contributed by atoms with Crippen molar-refractivity contribution >= 4 is 11.6 Å². The molecule has 0 bridgehead atoms. The average Bonchev–Trinajstić information content (AvgIpc) is 2.48. The summed E-state index contributed by atoms with van der Waals surface area (Å²) in [6, 6.07) is 9.96. The van der Waals surface area contributed by atoms with E-state index in [4.69, 9.17) is 21.1 Å². The molecule has 1 heterocycles. The zero-order valence-electron chi connectivity index (χ0n) is 11.7. The Hall–Kier alpha value is -1.58. The Bertz CT molecular complexity index is 555. The highest BCUT2D eigenvalue weighted by molar-refractivity contribution is 6.17. The third-order valence-electron chi connectivity index (χ3n) is 2.97. The van der Waals surface area contributed by atoms with Crippen LogP contribution in [-0.4, -0.2) is 18.7 Å². The lowest BCUT2D eigenvalue weighted by atomic mass is 10.1. The standard InChI is InChI=1S/C16H18ClNO2/c1-12-9-14(10-17)11-18-16(12)20-15-5-3-13(4-6-15)7-8-19-2/h3-6,9,11H,7-8,10H2,1-2H3. The fourth-order valence-electron chi connectivity index (χ4n) is 1.86. The van der Waals surface area contributed by atoms with Crippen molar-refractivity contribution in [2.75, 3.05) is 13.7 Å². The number of benzene rings is 1. The number of alkyl halides is 1. The summed E-state index contributed by atoms with van der Waals surface area (Å²) in [6.45, 7) is 2.69. The summed E-state index contributed by atoms with van der Waals surface area (Å²) < 4.78 is 10.8. The van der Waals surface area contributed by atoms with Gasteiger partial charge in [0.25, 0.3) is 0 Å². The molecule has 1 aromatic carbocycles. The van der Waals surface area contributed by atoms with Crippen molar-refractivity contribution in [3.05, 3.63) is 53.2 Å². The van der Waals surface area contributed by atoms with Gasteiger partial charge in [0.15, 0.2) is 0 Å². The van der Waals surface area contributed by atoms with Crippen LogP contribution in [0.25, 0.3) is 0 Å². The van der Waals surface area contributed by atoms with Crippen LogP contribution >= 0.6 is 11.6 Å². The zero-order valence-corrected chi connectivity index (χ0v) is 12.5. The Balaban J connectivity index is 2.06. The number of aromatic nitrogens is 1. The van der Waals surface area contributed by atoms with Crippen LogP contribution in [0.2, 0.25) is 0 Å². The number of aryl methyl sites for hydroxylation is 1. The van der Waals surface area contributed by atoms with E-state index in [2.05, 4.69) is 4.98 Å². The van der Waals surface area contributed by atoms with Crippen LogP contribution < -0.4 is 4.74 Å². The summed E-state index contributed by atoms with van der Waals surface area (Å²) in [6.07, 6.45) is 2.64. The molecule has 0 saturated heterocycles. The van der Waals surface area contributed by atoms with Crippen LogP contribution in [0.1, 0.15) is 16.7 Å². The molecule has 0 amide bonds. The van der Waals surface area contributed by atoms with E-state index in [-0.39, 0.29) is 0 Å². The van der Waals surface area contributed by atoms with Crippen LogP contribution in [0.4, 0.5) is 0 Å². The van der Waals surface area contributed by atoms with Crippen molar-refractivity contribution in [1.29, 1.82) is 0 Å². The minimum atomic E-state index is 0.461. The predicted octanol–water partition coefficient (Wildman–Crippen LogP) is 4.11. The minimum Gasteiger partial charge on any atom is -0.439 e. The molecule has 2 rings (SSSR count). The highest BCUT2D eigenvalue weighted by Crippen LogP contribution is 2.24. The molecule has 106 valence electrons. The molecule has 0 unspecified atom stereocenters. The largest absolute Gasteiger partial charge is 0.439 e. The first kappa shape index (κ1) is 14.8. The van der Waals surface area contributed by atoms with E-state index in [0.717, 1.165) is 29.9 Å². The third kappa shape index (κ3) is 3.95. The first-order valence-corrected chi connectivity index (χ1v) is 7.03. The van der Waals surface area contributed by atoms with Crippen LogP contribution in [0.3, 0.4) is 0 Å². The molecule has 0 aliphatic heterocycles. The van der Waals surface area contributed by atoms with E-state index in [1.165, 1.54) is 5.56 Å². The number of ether oxygens (including phenoxy) is 2. The lowest BCUT2D eigenvalue weighted by molar-refractivity contribution is 0.202. The van der Waals surface area contributed by atoms with Gasteiger partial charge < -0.3 is 9.47 Å². The average molecular weight is 292 g/mol. The van der Waals surface area contributed by atoms with Crippen molar-refractivity contribution in [2.24, 2.45) is 0 Å².